The van der Waals surface area contributed by atoms with Gasteiger partial charge in [-0.05, 0) is 27.7 Å². The molecule has 1 atom stereocenters. The number of carbonyl (C=O) groups is 2. The molecule has 0 saturated carbocycles. The molecule has 0 aromatic carbocycles. The molecule has 5 heteroatoms. The average Bonchev–Trinajstić information content (AvgIpc) is 2.13. The Kier molecular flexibility index (Phi) is 6.31. The van der Waals surface area contributed by atoms with E-state index in [1.165, 1.54) is 7.11 Å². The maximum atomic E-state index is 11.4. The predicted octanol–water partition coefficient (Wildman–Crippen LogP) is 2.02. The molecule has 0 bridgehead atoms. The summed E-state index contributed by atoms with van der Waals surface area (Å²) in [6.07, 6.45) is 3.07. The van der Waals surface area contributed by atoms with Crippen LogP contribution in [0.4, 0.5) is 4.79 Å². The van der Waals surface area contributed by atoms with E-state index in [9.17, 15) is 9.59 Å². The minimum atomic E-state index is -0.514. The van der Waals surface area contributed by atoms with Gasteiger partial charge in [0.25, 0.3) is 0 Å². The molecule has 0 aliphatic heterocycles. The Balaban J connectivity index is 3.97. The number of methoxy groups -OCH3 is 1. The van der Waals surface area contributed by atoms with Gasteiger partial charge in [-0.2, -0.15) is 0 Å². The van der Waals surface area contributed by atoms with Crippen molar-refractivity contribution >= 4 is 12.1 Å². The number of ether oxygens (including phenoxy) is 2. The molecular weight excluding hydrogens is 222 g/mol. The minimum Gasteiger partial charge on any atom is -0.469 e. The monoisotopic (exact) mass is 243 g/mol. The van der Waals surface area contributed by atoms with E-state index in [-0.39, 0.29) is 18.4 Å². The van der Waals surface area contributed by atoms with Crippen LogP contribution >= 0.6 is 0 Å². The highest BCUT2D eigenvalue weighted by molar-refractivity contribution is 5.71. The summed E-state index contributed by atoms with van der Waals surface area (Å²) in [5, 5.41) is 2.63. The lowest BCUT2D eigenvalue weighted by atomic mass is 10.2. The number of alkyl carbamates (subject to hydrolysis) is 1. The van der Waals surface area contributed by atoms with E-state index in [4.69, 9.17) is 4.74 Å². The Labute approximate surface area is 102 Å². The van der Waals surface area contributed by atoms with Gasteiger partial charge in [-0.15, -0.1) is 0 Å². The fourth-order valence-corrected chi connectivity index (χ4v) is 0.993. The standard InChI is InChI=1S/C12H21NO4/c1-9(7-6-8-10(14)16-5)13-11(15)17-12(2,3)4/h6-7,9H,8H2,1-5H3,(H,13,15)/b7-6+/t9-/m0/s1. The van der Waals surface area contributed by atoms with Crippen molar-refractivity contribution in [3.8, 4) is 0 Å². The van der Waals surface area contributed by atoms with Crippen LogP contribution in [0.2, 0.25) is 0 Å². The second-order valence-corrected chi connectivity index (χ2v) is 4.64. The SMILES string of the molecule is COC(=O)C/C=C/[C@H](C)NC(=O)OC(C)(C)C. The fraction of sp³-hybridized carbons (Fsp3) is 0.667. The Hall–Kier alpha value is -1.52. The average molecular weight is 243 g/mol. The van der Waals surface area contributed by atoms with E-state index in [1.807, 2.05) is 0 Å². The predicted molar refractivity (Wildman–Crippen MR) is 64.6 cm³/mol. The summed E-state index contributed by atoms with van der Waals surface area (Å²) in [5.74, 6) is -0.314. The quantitative estimate of drug-likeness (QED) is 0.606. The largest absolute Gasteiger partial charge is 0.469 e. The minimum absolute atomic E-state index is 0.191. The number of nitrogens with one attached hydrogen (secondary N) is 1. The first-order valence-electron chi connectivity index (χ1n) is 5.47. The zero-order chi connectivity index (χ0) is 13.5. The molecule has 0 fully saturated rings. The third-order valence-corrected chi connectivity index (χ3v) is 1.68. The molecular formula is C12H21NO4. The molecule has 0 aliphatic rings. The summed E-state index contributed by atoms with van der Waals surface area (Å²) in [7, 11) is 1.33. The van der Waals surface area contributed by atoms with Crippen molar-refractivity contribution < 1.29 is 19.1 Å². The van der Waals surface area contributed by atoms with Crippen LogP contribution in [0.25, 0.3) is 0 Å². The number of carbonyl (C=O) groups excluding carboxylic acids is 2. The van der Waals surface area contributed by atoms with Gasteiger partial charge in [-0.3, -0.25) is 4.79 Å². The van der Waals surface area contributed by atoms with Gasteiger partial charge in [0.1, 0.15) is 5.60 Å². The summed E-state index contributed by atoms with van der Waals surface area (Å²) in [6, 6.07) is -0.200. The number of hydrogen-bond acceptors (Lipinski definition) is 4. The molecule has 0 unspecified atom stereocenters. The molecule has 17 heavy (non-hydrogen) atoms. The van der Waals surface area contributed by atoms with Crippen LogP contribution in [0, 0.1) is 0 Å². The van der Waals surface area contributed by atoms with Crippen molar-refractivity contribution in [1.29, 1.82) is 0 Å². The van der Waals surface area contributed by atoms with Crippen LogP contribution in [-0.2, 0) is 14.3 Å². The smallest absolute Gasteiger partial charge is 0.408 e. The van der Waals surface area contributed by atoms with Gasteiger partial charge in [0, 0.05) is 6.04 Å². The summed E-state index contributed by atoms with van der Waals surface area (Å²) in [6.45, 7) is 7.18. The summed E-state index contributed by atoms with van der Waals surface area (Å²) in [5.41, 5.74) is -0.514. The second-order valence-electron chi connectivity index (χ2n) is 4.64. The summed E-state index contributed by atoms with van der Waals surface area (Å²) >= 11 is 0. The molecule has 0 radical (unpaired) electrons. The third kappa shape index (κ3) is 9.41. The molecule has 0 aromatic rings. The lowest BCUT2D eigenvalue weighted by molar-refractivity contribution is -0.139. The zero-order valence-electron chi connectivity index (χ0n) is 11.1. The first kappa shape index (κ1) is 15.5. The molecule has 0 saturated heterocycles. The second kappa shape index (κ2) is 6.93. The zero-order valence-corrected chi connectivity index (χ0v) is 11.1. The number of rotatable bonds is 4. The van der Waals surface area contributed by atoms with Crippen LogP contribution in [0.3, 0.4) is 0 Å². The van der Waals surface area contributed by atoms with Gasteiger partial charge >= 0.3 is 12.1 Å². The maximum absolute atomic E-state index is 11.4. The summed E-state index contributed by atoms with van der Waals surface area (Å²) < 4.78 is 9.56. The van der Waals surface area contributed by atoms with Crippen molar-refractivity contribution in [2.24, 2.45) is 0 Å². The normalized spacial score (nSPS) is 13.2. The summed E-state index contributed by atoms with van der Waals surface area (Å²) in [4.78, 5) is 22.2. The first-order chi connectivity index (χ1) is 7.74. The molecule has 1 amide bonds. The number of esters is 1. The van der Waals surface area contributed by atoms with E-state index in [0.717, 1.165) is 0 Å². The van der Waals surface area contributed by atoms with E-state index in [2.05, 4.69) is 10.1 Å². The lowest BCUT2D eigenvalue weighted by Crippen LogP contribution is -2.36. The Morgan fingerprint density at radius 3 is 2.41 bits per heavy atom. The Bertz CT molecular complexity index is 291. The van der Waals surface area contributed by atoms with Gasteiger partial charge in [0.05, 0.1) is 13.5 Å². The lowest BCUT2D eigenvalue weighted by Gasteiger charge is -2.20. The molecule has 0 aromatic heterocycles. The van der Waals surface area contributed by atoms with E-state index in [0.29, 0.717) is 0 Å². The Morgan fingerprint density at radius 2 is 1.94 bits per heavy atom. The van der Waals surface area contributed by atoms with Crippen LogP contribution in [0.1, 0.15) is 34.1 Å². The third-order valence-electron chi connectivity index (χ3n) is 1.68. The molecule has 98 valence electrons. The van der Waals surface area contributed by atoms with Crippen LogP contribution < -0.4 is 5.32 Å². The van der Waals surface area contributed by atoms with Crippen LogP contribution in [0.15, 0.2) is 12.2 Å². The van der Waals surface area contributed by atoms with Gasteiger partial charge < -0.3 is 14.8 Å². The van der Waals surface area contributed by atoms with Gasteiger partial charge in [0.15, 0.2) is 0 Å². The van der Waals surface area contributed by atoms with Crippen molar-refractivity contribution in [1.82, 2.24) is 5.32 Å². The topological polar surface area (TPSA) is 64.6 Å². The highest BCUT2D eigenvalue weighted by Crippen LogP contribution is 2.06. The molecule has 0 spiro atoms. The number of hydrogen-bond donors (Lipinski definition) is 1. The molecule has 0 rings (SSSR count). The first-order valence-corrected chi connectivity index (χ1v) is 5.47. The maximum Gasteiger partial charge on any atom is 0.408 e. The molecule has 0 heterocycles. The number of amides is 1. The van der Waals surface area contributed by atoms with E-state index in [1.54, 1.807) is 39.8 Å². The van der Waals surface area contributed by atoms with Crippen molar-refractivity contribution in [3.63, 3.8) is 0 Å². The van der Waals surface area contributed by atoms with Gasteiger partial charge in [-0.1, -0.05) is 12.2 Å². The van der Waals surface area contributed by atoms with Gasteiger partial charge in [0.2, 0.25) is 0 Å². The Morgan fingerprint density at radius 1 is 1.35 bits per heavy atom. The fourth-order valence-electron chi connectivity index (χ4n) is 0.993. The van der Waals surface area contributed by atoms with Gasteiger partial charge in [-0.25, -0.2) is 4.79 Å². The van der Waals surface area contributed by atoms with Crippen LogP contribution in [-0.4, -0.2) is 30.8 Å². The van der Waals surface area contributed by atoms with E-state index >= 15 is 0 Å². The molecule has 5 nitrogen and oxygen atoms in total. The van der Waals surface area contributed by atoms with Crippen LogP contribution in [0.5, 0.6) is 0 Å². The van der Waals surface area contributed by atoms with Crippen molar-refractivity contribution in [2.45, 2.75) is 45.8 Å². The van der Waals surface area contributed by atoms with Crippen molar-refractivity contribution in [2.75, 3.05) is 7.11 Å². The molecule has 1 N–H and O–H groups in total. The van der Waals surface area contributed by atoms with Crippen molar-refractivity contribution in [3.05, 3.63) is 12.2 Å². The van der Waals surface area contributed by atoms with E-state index < -0.39 is 11.7 Å². The molecule has 0 aliphatic carbocycles. The highest BCUT2D eigenvalue weighted by atomic mass is 16.6. The highest BCUT2D eigenvalue weighted by Gasteiger charge is 2.16.